The first-order valence-electron chi connectivity index (χ1n) is 9.90. The van der Waals surface area contributed by atoms with Gasteiger partial charge in [0.2, 0.25) is 0 Å². The van der Waals surface area contributed by atoms with Gasteiger partial charge in [0.05, 0.1) is 6.33 Å². The van der Waals surface area contributed by atoms with Crippen LogP contribution in [0.2, 0.25) is 0 Å². The monoisotopic (exact) mass is 403 g/mol. The predicted molar refractivity (Wildman–Crippen MR) is 108 cm³/mol. The minimum absolute atomic E-state index is 0.0512. The highest BCUT2D eigenvalue weighted by molar-refractivity contribution is 6.12. The number of ether oxygens (including phenoxy) is 2. The Balaban J connectivity index is 2.06. The maximum Gasteiger partial charge on any atom is 0.425 e. The number of rotatable bonds is 2. The molecule has 1 aliphatic rings. The first-order valence-corrected chi connectivity index (χ1v) is 9.90. The van der Waals surface area contributed by atoms with Gasteiger partial charge in [0, 0.05) is 6.04 Å². The number of carbonyl (C=O) groups excluding carboxylic acids is 2. The molecule has 0 aliphatic heterocycles. The fourth-order valence-electron chi connectivity index (χ4n) is 3.32. The predicted octanol–water partition coefficient (Wildman–Crippen LogP) is 4.62. The molecule has 0 radical (unpaired) electrons. The number of imidazole rings is 1. The molecule has 1 fully saturated rings. The number of amides is 2. The van der Waals surface area contributed by atoms with Crippen molar-refractivity contribution in [3.8, 4) is 0 Å². The Morgan fingerprint density at radius 1 is 0.966 bits per heavy atom. The van der Waals surface area contributed by atoms with Gasteiger partial charge in [0.1, 0.15) is 17.5 Å². The second-order valence-electron chi connectivity index (χ2n) is 9.26. The quantitative estimate of drug-likeness (QED) is 0.721. The lowest BCUT2D eigenvalue weighted by molar-refractivity contribution is 0.0429. The summed E-state index contributed by atoms with van der Waals surface area (Å²) >= 11 is 0. The molecule has 9 nitrogen and oxygen atoms in total. The number of hydrogen-bond acceptors (Lipinski definition) is 7. The van der Waals surface area contributed by atoms with E-state index in [1.165, 1.54) is 6.33 Å². The van der Waals surface area contributed by atoms with Crippen LogP contribution in [0.25, 0.3) is 11.2 Å². The lowest BCUT2D eigenvalue weighted by Gasteiger charge is -2.28. The minimum Gasteiger partial charge on any atom is -0.443 e. The summed E-state index contributed by atoms with van der Waals surface area (Å²) < 4.78 is 12.9. The van der Waals surface area contributed by atoms with Crippen LogP contribution in [0, 0.1) is 0 Å². The van der Waals surface area contributed by atoms with Crippen LogP contribution in [-0.4, -0.2) is 42.9 Å². The summed E-state index contributed by atoms with van der Waals surface area (Å²) in [6.07, 6.45) is 5.69. The Morgan fingerprint density at radius 3 is 2.03 bits per heavy atom. The van der Waals surface area contributed by atoms with E-state index in [0.29, 0.717) is 17.2 Å². The van der Waals surface area contributed by atoms with E-state index >= 15 is 0 Å². The molecule has 0 bridgehead atoms. The number of anilines is 1. The molecular formula is C20H29N5O4. The van der Waals surface area contributed by atoms with E-state index < -0.39 is 23.4 Å². The Bertz CT molecular complexity index is 876. The Morgan fingerprint density at radius 2 is 1.52 bits per heavy atom. The number of fused-ring (bicyclic) bond motifs is 1. The van der Waals surface area contributed by atoms with E-state index in [4.69, 9.17) is 9.47 Å². The molecule has 0 N–H and O–H groups in total. The van der Waals surface area contributed by atoms with Crippen molar-refractivity contribution in [2.24, 2.45) is 0 Å². The maximum atomic E-state index is 12.9. The van der Waals surface area contributed by atoms with Gasteiger partial charge in [-0.05, 0) is 54.4 Å². The zero-order valence-electron chi connectivity index (χ0n) is 17.9. The van der Waals surface area contributed by atoms with Crippen LogP contribution < -0.4 is 4.90 Å². The van der Waals surface area contributed by atoms with Crippen LogP contribution >= 0.6 is 0 Å². The first-order chi connectivity index (χ1) is 13.5. The molecule has 2 amide bonds. The van der Waals surface area contributed by atoms with Crippen molar-refractivity contribution in [3.05, 3.63) is 12.7 Å². The van der Waals surface area contributed by atoms with Crippen molar-refractivity contribution in [1.29, 1.82) is 0 Å². The maximum absolute atomic E-state index is 12.9. The zero-order valence-corrected chi connectivity index (χ0v) is 17.9. The summed E-state index contributed by atoms with van der Waals surface area (Å²) in [5.74, 6) is 0.0512. The van der Waals surface area contributed by atoms with Crippen LogP contribution in [0.1, 0.15) is 73.3 Å². The van der Waals surface area contributed by atoms with Crippen molar-refractivity contribution in [2.75, 3.05) is 4.90 Å². The number of hydrogen-bond donors (Lipinski definition) is 0. The van der Waals surface area contributed by atoms with Gasteiger partial charge < -0.3 is 14.0 Å². The fourth-order valence-corrected chi connectivity index (χ4v) is 3.32. The minimum atomic E-state index is -0.873. The molecule has 9 heteroatoms. The molecule has 1 saturated carbocycles. The van der Waals surface area contributed by atoms with Gasteiger partial charge in [-0.25, -0.2) is 24.5 Å². The van der Waals surface area contributed by atoms with Crippen molar-refractivity contribution in [1.82, 2.24) is 19.5 Å². The van der Waals surface area contributed by atoms with Crippen molar-refractivity contribution in [2.45, 2.75) is 84.5 Å². The Kier molecular flexibility index (Phi) is 5.51. The largest absolute Gasteiger partial charge is 0.443 e. The first kappa shape index (κ1) is 21.0. The number of imide groups is 1. The summed E-state index contributed by atoms with van der Waals surface area (Å²) in [5, 5.41) is 0. The van der Waals surface area contributed by atoms with Gasteiger partial charge >= 0.3 is 12.2 Å². The van der Waals surface area contributed by atoms with Crippen LogP contribution in [0.3, 0.4) is 0 Å². The highest BCUT2D eigenvalue weighted by Crippen LogP contribution is 2.33. The molecule has 3 rings (SSSR count). The second-order valence-corrected chi connectivity index (χ2v) is 9.26. The van der Waals surface area contributed by atoms with E-state index in [1.807, 2.05) is 4.57 Å². The van der Waals surface area contributed by atoms with Gasteiger partial charge in [0.25, 0.3) is 0 Å². The van der Waals surface area contributed by atoms with Gasteiger partial charge in [-0.1, -0.05) is 12.8 Å². The van der Waals surface area contributed by atoms with Gasteiger partial charge in [0.15, 0.2) is 17.0 Å². The van der Waals surface area contributed by atoms with Crippen molar-refractivity contribution in [3.63, 3.8) is 0 Å². The SMILES string of the molecule is CC(C)(C)OC(=O)N(C(=O)OC(C)(C)C)c1ncnc2c1ncn2C1CCCC1. The van der Waals surface area contributed by atoms with Gasteiger partial charge in [-0.3, -0.25) is 0 Å². The molecule has 2 aromatic heterocycles. The standard InChI is InChI=1S/C20H29N5O4/c1-19(2,3)28-17(26)25(18(27)29-20(4,5)6)16-14-15(21-11-22-16)24(12-23-14)13-9-7-8-10-13/h11-13H,7-10H2,1-6H3. The summed E-state index contributed by atoms with van der Waals surface area (Å²) in [7, 11) is 0. The lowest BCUT2D eigenvalue weighted by atomic mass is 10.2. The highest BCUT2D eigenvalue weighted by atomic mass is 16.6. The van der Waals surface area contributed by atoms with Gasteiger partial charge in [-0.15, -0.1) is 0 Å². The fraction of sp³-hybridized carbons (Fsp3) is 0.650. The summed E-state index contributed by atoms with van der Waals surface area (Å²) in [5.41, 5.74) is -0.658. The topological polar surface area (TPSA) is 99.4 Å². The lowest BCUT2D eigenvalue weighted by Crippen LogP contribution is -2.44. The highest BCUT2D eigenvalue weighted by Gasteiger charge is 2.36. The van der Waals surface area contributed by atoms with E-state index in [0.717, 1.165) is 30.6 Å². The number of carbonyl (C=O) groups is 2. The average Bonchev–Trinajstić information content (AvgIpc) is 3.20. The molecule has 2 aromatic rings. The molecule has 0 aromatic carbocycles. The van der Waals surface area contributed by atoms with Crippen molar-refractivity contribution < 1.29 is 19.1 Å². The average molecular weight is 403 g/mol. The number of aromatic nitrogens is 4. The summed E-state index contributed by atoms with van der Waals surface area (Å²) in [6.45, 7) is 10.3. The normalized spacial score (nSPS) is 15.5. The van der Waals surface area contributed by atoms with Crippen LogP contribution in [-0.2, 0) is 9.47 Å². The van der Waals surface area contributed by atoms with E-state index in [1.54, 1.807) is 47.9 Å². The molecule has 0 spiro atoms. The molecule has 29 heavy (non-hydrogen) atoms. The van der Waals surface area contributed by atoms with Crippen LogP contribution in [0.5, 0.6) is 0 Å². The molecule has 158 valence electrons. The van der Waals surface area contributed by atoms with Crippen LogP contribution in [0.15, 0.2) is 12.7 Å². The van der Waals surface area contributed by atoms with E-state index in [9.17, 15) is 9.59 Å². The third-order valence-electron chi connectivity index (χ3n) is 4.42. The number of nitrogens with zero attached hydrogens (tertiary/aromatic N) is 5. The molecule has 0 saturated heterocycles. The Hall–Kier alpha value is -2.71. The Labute approximate surface area is 170 Å². The molecule has 1 aliphatic carbocycles. The molecule has 0 unspecified atom stereocenters. The van der Waals surface area contributed by atoms with E-state index in [2.05, 4.69) is 15.0 Å². The molecular weight excluding hydrogens is 374 g/mol. The third-order valence-corrected chi connectivity index (χ3v) is 4.42. The zero-order chi connectivity index (χ0) is 21.4. The molecule has 0 atom stereocenters. The van der Waals surface area contributed by atoms with Crippen molar-refractivity contribution >= 4 is 29.2 Å². The molecule has 2 heterocycles. The van der Waals surface area contributed by atoms with Crippen LogP contribution in [0.4, 0.5) is 15.4 Å². The summed E-state index contributed by atoms with van der Waals surface area (Å²) in [4.78, 5) is 39.6. The third kappa shape index (κ3) is 4.83. The smallest absolute Gasteiger partial charge is 0.425 e. The van der Waals surface area contributed by atoms with E-state index in [-0.39, 0.29) is 5.82 Å². The second kappa shape index (κ2) is 7.61. The summed E-state index contributed by atoms with van der Waals surface area (Å²) in [6, 6.07) is 0.305. The van der Waals surface area contributed by atoms with Gasteiger partial charge in [-0.2, -0.15) is 4.90 Å².